The van der Waals surface area contributed by atoms with Crippen molar-refractivity contribution >= 4 is 17.8 Å². The SMILES string of the molecule is CCCCNc1ccc(C(=O)N/N=C/c2cc(C(F)(F)F)cc(C(F)(F)F)c2)cc1. The van der Waals surface area contributed by atoms with Gasteiger partial charge in [-0.25, -0.2) is 5.43 Å². The van der Waals surface area contributed by atoms with Gasteiger partial charge in [0.25, 0.3) is 5.91 Å². The first-order valence-corrected chi connectivity index (χ1v) is 8.97. The molecule has 10 heteroatoms. The van der Waals surface area contributed by atoms with Gasteiger partial charge in [-0.3, -0.25) is 4.79 Å². The molecule has 0 radical (unpaired) electrons. The highest BCUT2D eigenvalue weighted by Crippen LogP contribution is 2.36. The Morgan fingerprint density at radius 3 is 2.03 bits per heavy atom. The van der Waals surface area contributed by atoms with Crippen molar-refractivity contribution in [1.29, 1.82) is 0 Å². The lowest BCUT2D eigenvalue weighted by Gasteiger charge is -2.12. The largest absolute Gasteiger partial charge is 0.416 e. The molecule has 0 spiro atoms. The van der Waals surface area contributed by atoms with E-state index < -0.39 is 35.0 Å². The number of nitrogens with zero attached hydrogens (tertiary/aromatic N) is 1. The standard InChI is InChI=1S/C20H19F6N3O/c1-2-3-8-27-17-6-4-14(5-7-17)18(30)29-28-12-13-9-15(19(21,22)23)11-16(10-13)20(24,25)26/h4-7,9-12,27H,2-3,8H2,1H3,(H,29,30)/b28-12+. The van der Waals surface area contributed by atoms with Crippen LogP contribution in [0, 0.1) is 0 Å². The molecule has 0 saturated carbocycles. The van der Waals surface area contributed by atoms with E-state index in [-0.39, 0.29) is 11.6 Å². The first-order valence-electron chi connectivity index (χ1n) is 8.97. The fourth-order valence-corrected chi connectivity index (χ4v) is 2.43. The third-order valence-corrected chi connectivity index (χ3v) is 4.00. The highest BCUT2D eigenvalue weighted by atomic mass is 19.4. The van der Waals surface area contributed by atoms with Crippen LogP contribution < -0.4 is 10.7 Å². The molecule has 2 aromatic carbocycles. The summed E-state index contributed by atoms with van der Waals surface area (Å²) in [6, 6.07) is 7.44. The molecule has 0 heterocycles. The molecule has 0 unspecified atom stereocenters. The van der Waals surface area contributed by atoms with E-state index in [1.54, 1.807) is 12.1 Å². The zero-order valence-electron chi connectivity index (χ0n) is 15.9. The summed E-state index contributed by atoms with van der Waals surface area (Å²) in [5.41, 5.74) is -0.249. The Bertz CT molecular complexity index is 857. The number of rotatable bonds is 7. The van der Waals surface area contributed by atoms with Crippen molar-refractivity contribution in [3.05, 3.63) is 64.7 Å². The van der Waals surface area contributed by atoms with E-state index in [4.69, 9.17) is 0 Å². The minimum Gasteiger partial charge on any atom is -0.385 e. The van der Waals surface area contributed by atoms with E-state index in [9.17, 15) is 31.1 Å². The van der Waals surface area contributed by atoms with Gasteiger partial charge >= 0.3 is 12.4 Å². The zero-order valence-corrected chi connectivity index (χ0v) is 15.9. The number of carbonyl (C=O) groups is 1. The van der Waals surface area contributed by atoms with Gasteiger partial charge < -0.3 is 5.32 Å². The minimum absolute atomic E-state index is 0.0199. The predicted molar refractivity (Wildman–Crippen MR) is 101 cm³/mol. The Balaban J connectivity index is 2.09. The molecular formula is C20H19F6N3O. The van der Waals surface area contributed by atoms with Gasteiger partial charge in [0.2, 0.25) is 0 Å². The highest BCUT2D eigenvalue weighted by Gasteiger charge is 2.36. The number of hydrazone groups is 1. The maximum atomic E-state index is 12.9. The summed E-state index contributed by atoms with van der Waals surface area (Å²) < 4.78 is 77.1. The fourth-order valence-electron chi connectivity index (χ4n) is 2.43. The van der Waals surface area contributed by atoms with E-state index in [2.05, 4.69) is 22.8 Å². The molecule has 0 fully saturated rings. The first-order chi connectivity index (χ1) is 14.0. The second-order valence-corrected chi connectivity index (χ2v) is 6.40. The van der Waals surface area contributed by atoms with Gasteiger partial charge in [-0.2, -0.15) is 31.4 Å². The number of unbranched alkanes of at least 4 members (excludes halogenated alkanes) is 1. The summed E-state index contributed by atoms with van der Waals surface area (Å²) in [6.07, 6.45) is -7.17. The van der Waals surface area contributed by atoms with Crippen LogP contribution in [-0.4, -0.2) is 18.7 Å². The Hall–Kier alpha value is -3.04. The molecule has 162 valence electrons. The third kappa shape index (κ3) is 6.78. The summed E-state index contributed by atoms with van der Waals surface area (Å²) in [5, 5.41) is 6.64. The molecule has 0 aliphatic carbocycles. The lowest BCUT2D eigenvalue weighted by molar-refractivity contribution is -0.143. The average Bonchev–Trinajstić information content (AvgIpc) is 2.67. The highest BCUT2D eigenvalue weighted by molar-refractivity contribution is 5.95. The van der Waals surface area contributed by atoms with Crippen molar-refractivity contribution in [2.24, 2.45) is 5.10 Å². The molecule has 30 heavy (non-hydrogen) atoms. The van der Waals surface area contributed by atoms with E-state index in [0.717, 1.165) is 31.3 Å². The number of carbonyl (C=O) groups excluding carboxylic acids is 1. The fraction of sp³-hybridized carbons (Fsp3) is 0.300. The van der Waals surface area contributed by atoms with Crippen molar-refractivity contribution in [2.75, 3.05) is 11.9 Å². The number of hydrogen-bond acceptors (Lipinski definition) is 3. The maximum absolute atomic E-state index is 12.9. The van der Waals surface area contributed by atoms with E-state index in [1.807, 2.05) is 0 Å². The lowest BCUT2D eigenvalue weighted by Crippen LogP contribution is -2.18. The molecule has 0 saturated heterocycles. The summed E-state index contributed by atoms with van der Waals surface area (Å²) in [4.78, 5) is 12.1. The quantitative estimate of drug-likeness (QED) is 0.256. The lowest BCUT2D eigenvalue weighted by atomic mass is 10.1. The van der Waals surface area contributed by atoms with Crippen LogP contribution in [0.2, 0.25) is 0 Å². The number of amides is 1. The van der Waals surface area contributed by atoms with Crippen LogP contribution in [0.4, 0.5) is 32.0 Å². The van der Waals surface area contributed by atoms with Gasteiger partial charge in [0.15, 0.2) is 0 Å². The molecular weight excluding hydrogens is 412 g/mol. The molecule has 0 atom stereocenters. The third-order valence-electron chi connectivity index (χ3n) is 4.00. The van der Waals surface area contributed by atoms with Gasteiger partial charge in [0.05, 0.1) is 17.3 Å². The van der Waals surface area contributed by atoms with Crippen LogP contribution in [0.25, 0.3) is 0 Å². The molecule has 4 nitrogen and oxygen atoms in total. The number of anilines is 1. The van der Waals surface area contributed by atoms with Crippen LogP contribution in [0.15, 0.2) is 47.6 Å². The Morgan fingerprint density at radius 2 is 1.53 bits per heavy atom. The first kappa shape index (κ1) is 23.2. The molecule has 0 aliphatic heterocycles. The second-order valence-electron chi connectivity index (χ2n) is 6.40. The van der Waals surface area contributed by atoms with Crippen LogP contribution in [0.3, 0.4) is 0 Å². The number of nitrogens with one attached hydrogen (secondary N) is 2. The van der Waals surface area contributed by atoms with E-state index in [1.165, 1.54) is 12.1 Å². The smallest absolute Gasteiger partial charge is 0.385 e. The summed E-state index contributed by atoms with van der Waals surface area (Å²) in [5.74, 6) is -0.658. The van der Waals surface area contributed by atoms with Crippen LogP contribution >= 0.6 is 0 Å². The van der Waals surface area contributed by atoms with Crippen molar-refractivity contribution < 1.29 is 31.1 Å². The van der Waals surface area contributed by atoms with Crippen molar-refractivity contribution in [2.45, 2.75) is 32.1 Å². The molecule has 1 amide bonds. The van der Waals surface area contributed by atoms with E-state index >= 15 is 0 Å². The summed E-state index contributed by atoms with van der Waals surface area (Å²) in [7, 11) is 0. The predicted octanol–water partition coefficient (Wildman–Crippen LogP) is 5.70. The monoisotopic (exact) mass is 431 g/mol. The van der Waals surface area contributed by atoms with Crippen molar-refractivity contribution in [3.63, 3.8) is 0 Å². The maximum Gasteiger partial charge on any atom is 0.416 e. The molecule has 0 aromatic heterocycles. The molecule has 2 rings (SSSR count). The number of hydrogen-bond donors (Lipinski definition) is 2. The van der Waals surface area contributed by atoms with Crippen molar-refractivity contribution in [1.82, 2.24) is 5.43 Å². The second kappa shape index (κ2) is 9.64. The number of alkyl halides is 6. The Morgan fingerprint density at radius 1 is 0.967 bits per heavy atom. The Kier molecular flexibility index (Phi) is 7.47. The molecule has 0 aliphatic rings. The van der Waals surface area contributed by atoms with Crippen LogP contribution in [-0.2, 0) is 12.4 Å². The average molecular weight is 431 g/mol. The van der Waals surface area contributed by atoms with Gasteiger partial charge in [-0.05, 0) is 54.4 Å². The van der Waals surface area contributed by atoms with Gasteiger partial charge in [0, 0.05) is 17.8 Å². The summed E-state index contributed by atoms with van der Waals surface area (Å²) in [6.45, 7) is 2.84. The van der Waals surface area contributed by atoms with Gasteiger partial charge in [-0.15, -0.1) is 0 Å². The Labute approximate surface area is 169 Å². The normalized spacial score (nSPS) is 12.2. The van der Waals surface area contributed by atoms with Crippen molar-refractivity contribution in [3.8, 4) is 0 Å². The number of halogens is 6. The van der Waals surface area contributed by atoms with Crippen LogP contribution in [0.5, 0.6) is 0 Å². The van der Waals surface area contributed by atoms with Crippen LogP contribution in [0.1, 0.15) is 46.8 Å². The van der Waals surface area contributed by atoms with E-state index in [0.29, 0.717) is 12.1 Å². The van der Waals surface area contributed by atoms with Gasteiger partial charge in [-0.1, -0.05) is 13.3 Å². The molecule has 2 N–H and O–H groups in total. The van der Waals surface area contributed by atoms with Gasteiger partial charge in [0.1, 0.15) is 0 Å². The topological polar surface area (TPSA) is 53.5 Å². The minimum atomic E-state index is -4.96. The molecule has 0 bridgehead atoms. The zero-order chi connectivity index (χ0) is 22.4. The summed E-state index contributed by atoms with van der Waals surface area (Å²) >= 11 is 0. The number of benzene rings is 2. The molecule has 2 aromatic rings.